The Hall–Kier alpha value is -1.62. The maximum atomic E-state index is 5.36. The Morgan fingerprint density at radius 2 is 2.53 bits per heavy atom. The van der Waals surface area contributed by atoms with Crippen molar-refractivity contribution in [2.24, 2.45) is 0 Å². The van der Waals surface area contributed by atoms with Crippen LogP contribution in [0.3, 0.4) is 0 Å². The number of rotatable bonds is 3. The first-order valence-corrected chi connectivity index (χ1v) is 6.04. The fourth-order valence-electron chi connectivity index (χ4n) is 2.34. The lowest BCUT2D eigenvalue weighted by Crippen LogP contribution is -2.30. The van der Waals surface area contributed by atoms with E-state index in [-0.39, 0.29) is 0 Å². The molecule has 5 heteroatoms. The molecule has 0 radical (unpaired) electrons. The van der Waals surface area contributed by atoms with Crippen LogP contribution in [0.4, 0.5) is 0 Å². The molecule has 1 atom stereocenters. The van der Waals surface area contributed by atoms with Gasteiger partial charge in [0.15, 0.2) is 0 Å². The largest absolute Gasteiger partial charge is 0.467 e. The van der Waals surface area contributed by atoms with E-state index in [2.05, 4.69) is 20.1 Å². The van der Waals surface area contributed by atoms with Crippen LogP contribution in [0.25, 0.3) is 0 Å². The van der Waals surface area contributed by atoms with Gasteiger partial charge < -0.3 is 14.3 Å². The molecular formula is C12H16N4O. The molecule has 1 N–H and O–H groups in total. The minimum atomic E-state index is 0.473. The van der Waals surface area contributed by atoms with Crippen molar-refractivity contribution in [3.8, 4) is 0 Å². The highest BCUT2D eigenvalue weighted by Crippen LogP contribution is 2.21. The van der Waals surface area contributed by atoms with Crippen LogP contribution in [0.2, 0.25) is 0 Å². The maximum absolute atomic E-state index is 5.36. The third-order valence-corrected chi connectivity index (χ3v) is 3.21. The summed E-state index contributed by atoms with van der Waals surface area (Å²) in [7, 11) is 0. The molecule has 2 aromatic rings. The molecule has 0 amide bonds. The van der Waals surface area contributed by atoms with E-state index in [9.17, 15) is 0 Å². The van der Waals surface area contributed by atoms with Gasteiger partial charge in [-0.15, -0.1) is 10.2 Å². The van der Waals surface area contributed by atoms with Crippen LogP contribution in [0.15, 0.2) is 29.1 Å². The molecule has 2 aromatic heterocycles. The summed E-state index contributed by atoms with van der Waals surface area (Å²) < 4.78 is 7.44. The Kier molecular flexibility index (Phi) is 2.92. The second-order valence-electron chi connectivity index (χ2n) is 4.44. The summed E-state index contributed by atoms with van der Waals surface area (Å²) >= 11 is 0. The zero-order valence-electron chi connectivity index (χ0n) is 9.67. The predicted molar refractivity (Wildman–Crippen MR) is 62.7 cm³/mol. The standard InChI is InChI=1S/C12H16N4O/c1-3-10(7-13-5-1)12-15-14-9-16(12)8-11-4-2-6-17-11/h2,4,6,9-10,13H,1,3,5,7-8H2. The normalized spacial score (nSPS) is 20.6. The van der Waals surface area contributed by atoms with Crippen molar-refractivity contribution in [2.45, 2.75) is 25.3 Å². The third kappa shape index (κ3) is 2.24. The fourth-order valence-corrected chi connectivity index (χ4v) is 2.34. The highest BCUT2D eigenvalue weighted by atomic mass is 16.3. The lowest BCUT2D eigenvalue weighted by molar-refractivity contribution is 0.425. The number of hydrogen-bond donors (Lipinski definition) is 1. The Labute approximate surface area is 99.8 Å². The summed E-state index contributed by atoms with van der Waals surface area (Å²) in [5.74, 6) is 2.48. The second kappa shape index (κ2) is 4.71. The van der Waals surface area contributed by atoms with E-state index in [4.69, 9.17) is 4.42 Å². The van der Waals surface area contributed by atoms with Crippen LogP contribution in [0, 0.1) is 0 Å². The van der Waals surface area contributed by atoms with E-state index < -0.39 is 0 Å². The molecule has 1 unspecified atom stereocenters. The van der Waals surface area contributed by atoms with Gasteiger partial charge in [-0.25, -0.2) is 0 Å². The van der Waals surface area contributed by atoms with Crippen LogP contribution in [0.5, 0.6) is 0 Å². The molecule has 1 aliphatic rings. The summed E-state index contributed by atoms with van der Waals surface area (Å²) in [6.07, 6.45) is 5.87. The average Bonchev–Trinajstić information content (AvgIpc) is 3.02. The Morgan fingerprint density at radius 3 is 3.29 bits per heavy atom. The van der Waals surface area contributed by atoms with Crippen molar-refractivity contribution < 1.29 is 4.42 Å². The number of nitrogens with one attached hydrogen (secondary N) is 1. The first kappa shape index (κ1) is 10.5. The van der Waals surface area contributed by atoms with Gasteiger partial charge in [0.1, 0.15) is 17.9 Å². The third-order valence-electron chi connectivity index (χ3n) is 3.21. The molecule has 0 aromatic carbocycles. The van der Waals surface area contributed by atoms with Crippen LogP contribution in [-0.4, -0.2) is 27.9 Å². The van der Waals surface area contributed by atoms with E-state index in [1.54, 1.807) is 12.6 Å². The van der Waals surface area contributed by atoms with Gasteiger partial charge in [0, 0.05) is 12.5 Å². The smallest absolute Gasteiger partial charge is 0.137 e. The molecule has 0 bridgehead atoms. The van der Waals surface area contributed by atoms with Crippen molar-refractivity contribution in [1.82, 2.24) is 20.1 Å². The molecule has 90 valence electrons. The number of nitrogens with zero attached hydrogens (tertiary/aromatic N) is 3. The van der Waals surface area contributed by atoms with Crippen molar-refractivity contribution in [1.29, 1.82) is 0 Å². The van der Waals surface area contributed by atoms with Crippen molar-refractivity contribution in [3.05, 3.63) is 36.3 Å². The van der Waals surface area contributed by atoms with E-state index in [0.29, 0.717) is 12.5 Å². The van der Waals surface area contributed by atoms with Gasteiger partial charge in [0.05, 0.1) is 12.8 Å². The van der Waals surface area contributed by atoms with Gasteiger partial charge in [-0.3, -0.25) is 0 Å². The molecule has 0 spiro atoms. The minimum absolute atomic E-state index is 0.473. The fraction of sp³-hybridized carbons (Fsp3) is 0.500. The average molecular weight is 232 g/mol. The summed E-state index contributed by atoms with van der Waals surface area (Å²) in [6, 6.07) is 3.88. The molecule has 17 heavy (non-hydrogen) atoms. The minimum Gasteiger partial charge on any atom is -0.467 e. The summed E-state index contributed by atoms with van der Waals surface area (Å²) in [6.45, 7) is 2.82. The van der Waals surface area contributed by atoms with E-state index >= 15 is 0 Å². The molecule has 3 heterocycles. The Bertz CT molecular complexity index is 457. The van der Waals surface area contributed by atoms with Gasteiger partial charge in [-0.05, 0) is 31.5 Å². The zero-order valence-corrected chi connectivity index (χ0v) is 9.67. The van der Waals surface area contributed by atoms with Crippen LogP contribution in [0.1, 0.15) is 30.3 Å². The maximum Gasteiger partial charge on any atom is 0.137 e. The van der Waals surface area contributed by atoms with Gasteiger partial charge in [0.2, 0.25) is 0 Å². The first-order valence-electron chi connectivity index (χ1n) is 6.04. The van der Waals surface area contributed by atoms with E-state index in [0.717, 1.165) is 24.7 Å². The van der Waals surface area contributed by atoms with Crippen LogP contribution in [-0.2, 0) is 6.54 Å². The number of furan rings is 1. The van der Waals surface area contributed by atoms with Gasteiger partial charge in [-0.1, -0.05) is 0 Å². The monoisotopic (exact) mass is 232 g/mol. The van der Waals surface area contributed by atoms with Crippen molar-refractivity contribution in [3.63, 3.8) is 0 Å². The highest BCUT2D eigenvalue weighted by Gasteiger charge is 2.20. The second-order valence-corrected chi connectivity index (χ2v) is 4.44. The molecule has 0 aliphatic carbocycles. The van der Waals surface area contributed by atoms with Gasteiger partial charge in [0.25, 0.3) is 0 Å². The summed E-state index contributed by atoms with van der Waals surface area (Å²) in [5, 5.41) is 11.7. The van der Waals surface area contributed by atoms with E-state index in [1.807, 2.05) is 12.1 Å². The molecule has 3 rings (SSSR count). The topological polar surface area (TPSA) is 55.9 Å². The summed E-state index contributed by atoms with van der Waals surface area (Å²) in [5.41, 5.74) is 0. The predicted octanol–water partition coefficient (Wildman–Crippen LogP) is 1.39. The highest BCUT2D eigenvalue weighted by molar-refractivity contribution is 5.04. The first-order chi connectivity index (χ1) is 8.43. The molecule has 1 aliphatic heterocycles. The zero-order chi connectivity index (χ0) is 11.5. The number of hydrogen-bond acceptors (Lipinski definition) is 4. The van der Waals surface area contributed by atoms with Crippen molar-refractivity contribution in [2.75, 3.05) is 13.1 Å². The summed E-state index contributed by atoms with van der Waals surface area (Å²) in [4.78, 5) is 0. The SMILES string of the molecule is c1coc(Cn2cnnc2C2CCCNC2)c1. The number of piperidine rings is 1. The Morgan fingerprint density at radius 1 is 1.53 bits per heavy atom. The molecule has 1 saturated heterocycles. The van der Waals surface area contributed by atoms with Crippen LogP contribution < -0.4 is 5.32 Å². The van der Waals surface area contributed by atoms with Crippen molar-refractivity contribution >= 4 is 0 Å². The molecule has 5 nitrogen and oxygen atoms in total. The molecular weight excluding hydrogens is 216 g/mol. The Balaban J connectivity index is 1.78. The quantitative estimate of drug-likeness (QED) is 0.868. The molecule has 1 fully saturated rings. The van der Waals surface area contributed by atoms with E-state index in [1.165, 1.54) is 12.8 Å². The lowest BCUT2D eigenvalue weighted by Gasteiger charge is -2.22. The molecule has 0 saturated carbocycles. The van der Waals surface area contributed by atoms with Crippen LogP contribution >= 0.6 is 0 Å². The van der Waals surface area contributed by atoms with Gasteiger partial charge >= 0.3 is 0 Å². The van der Waals surface area contributed by atoms with Gasteiger partial charge in [-0.2, -0.15) is 0 Å². The lowest BCUT2D eigenvalue weighted by atomic mass is 9.99. The number of aromatic nitrogens is 3.